The molecule has 1 aromatic carbocycles. The summed E-state index contributed by atoms with van der Waals surface area (Å²) in [5.74, 6) is -1.60. The second kappa shape index (κ2) is 5.78. The Morgan fingerprint density at radius 3 is 2.60 bits per heavy atom. The van der Waals surface area contributed by atoms with Crippen LogP contribution in [0.2, 0.25) is 0 Å². The molecular weight excluding hydrogens is 260 g/mol. The summed E-state index contributed by atoms with van der Waals surface area (Å²) in [7, 11) is 0. The Balaban J connectivity index is 1.99. The average molecular weight is 283 g/mol. The summed E-state index contributed by atoms with van der Waals surface area (Å²) in [5.41, 5.74) is 0.822. The van der Waals surface area contributed by atoms with Crippen molar-refractivity contribution in [2.24, 2.45) is 5.41 Å². The minimum Gasteiger partial charge on any atom is -0.378 e. The zero-order chi connectivity index (χ0) is 14.9. The van der Waals surface area contributed by atoms with E-state index >= 15 is 0 Å². The maximum Gasteiger partial charge on any atom is 0.159 e. The smallest absolute Gasteiger partial charge is 0.159 e. The van der Waals surface area contributed by atoms with Gasteiger partial charge in [-0.1, -0.05) is 19.9 Å². The summed E-state index contributed by atoms with van der Waals surface area (Å²) >= 11 is 0. The Morgan fingerprint density at radius 2 is 2.05 bits per heavy atom. The third-order valence-corrected chi connectivity index (χ3v) is 4.44. The molecule has 1 fully saturated rings. The highest BCUT2D eigenvalue weighted by atomic mass is 19.2. The molecule has 0 radical (unpaired) electrons. The van der Waals surface area contributed by atoms with Crippen LogP contribution in [-0.4, -0.2) is 18.8 Å². The van der Waals surface area contributed by atoms with E-state index in [2.05, 4.69) is 19.2 Å². The van der Waals surface area contributed by atoms with E-state index in [1.54, 1.807) is 6.07 Å². The molecule has 0 bridgehead atoms. The molecule has 1 aliphatic carbocycles. The fourth-order valence-corrected chi connectivity index (χ4v) is 2.83. The molecule has 0 saturated heterocycles. The number of halogens is 2. The lowest BCUT2D eigenvalue weighted by Gasteiger charge is -2.52. The van der Waals surface area contributed by atoms with Crippen LogP contribution in [0.1, 0.15) is 45.7 Å². The second-order valence-electron chi connectivity index (χ2n) is 6.12. The summed E-state index contributed by atoms with van der Waals surface area (Å²) in [4.78, 5) is 0. The molecule has 2 rings (SSSR count). The van der Waals surface area contributed by atoms with E-state index in [1.165, 1.54) is 12.1 Å². The zero-order valence-electron chi connectivity index (χ0n) is 12.5. The van der Waals surface area contributed by atoms with Crippen LogP contribution in [0.4, 0.5) is 8.78 Å². The molecule has 4 heteroatoms. The fourth-order valence-electron chi connectivity index (χ4n) is 2.83. The largest absolute Gasteiger partial charge is 0.378 e. The van der Waals surface area contributed by atoms with E-state index in [0.717, 1.165) is 18.6 Å². The SMILES string of the molecule is CCOC1CC(NC(C)c2ccc(F)c(F)c2)C1(C)C. The van der Waals surface area contributed by atoms with Gasteiger partial charge in [0.1, 0.15) is 0 Å². The van der Waals surface area contributed by atoms with Crippen molar-refractivity contribution in [3.8, 4) is 0 Å². The van der Waals surface area contributed by atoms with Gasteiger partial charge in [-0.05, 0) is 38.0 Å². The van der Waals surface area contributed by atoms with Crippen molar-refractivity contribution in [3.63, 3.8) is 0 Å². The third-order valence-electron chi connectivity index (χ3n) is 4.44. The molecule has 0 heterocycles. The lowest BCUT2D eigenvalue weighted by Crippen LogP contribution is -2.61. The lowest BCUT2D eigenvalue weighted by molar-refractivity contribution is -0.116. The van der Waals surface area contributed by atoms with Crippen LogP contribution in [0.5, 0.6) is 0 Å². The minimum absolute atomic E-state index is 0.0167. The molecule has 3 unspecified atom stereocenters. The van der Waals surface area contributed by atoms with Gasteiger partial charge in [0.15, 0.2) is 11.6 Å². The Hall–Kier alpha value is -1.00. The molecule has 0 aliphatic heterocycles. The number of hydrogen-bond acceptors (Lipinski definition) is 2. The molecule has 0 spiro atoms. The van der Waals surface area contributed by atoms with Crippen molar-refractivity contribution in [1.29, 1.82) is 0 Å². The Kier molecular flexibility index (Phi) is 4.45. The predicted molar refractivity (Wildman–Crippen MR) is 75.5 cm³/mol. The second-order valence-corrected chi connectivity index (χ2v) is 6.12. The molecule has 3 atom stereocenters. The van der Waals surface area contributed by atoms with E-state index < -0.39 is 11.6 Å². The van der Waals surface area contributed by atoms with E-state index in [-0.39, 0.29) is 17.6 Å². The molecule has 0 amide bonds. The molecular formula is C16H23F2NO. The van der Waals surface area contributed by atoms with Crippen LogP contribution in [0.3, 0.4) is 0 Å². The number of ether oxygens (including phenoxy) is 1. The van der Waals surface area contributed by atoms with Crippen molar-refractivity contribution in [2.75, 3.05) is 6.61 Å². The van der Waals surface area contributed by atoms with Crippen molar-refractivity contribution in [2.45, 2.75) is 52.3 Å². The van der Waals surface area contributed by atoms with E-state index in [9.17, 15) is 8.78 Å². The zero-order valence-corrected chi connectivity index (χ0v) is 12.5. The van der Waals surface area contributed by atoms with Crippen molar-refractivity contribution >= 4 is 0 Å². The average Bonchev–Trinajstić information content (AvgIpc) is 2.40. The van der Waals surface area contributed by atoms with Crippen LogP contribution < -0.4 is 5.32 Å². The monoisotopic (exact) mass is 283 g/mol. The van der Waals surface area contributed by atoms with Gasteiger partial charge in [0.25, 0.3) is 0 Å². The maximum atomic E-state index is 13.3. The molecule has 1 saturated carbocycles. The Morgan fingerprint density at radius 1 is 1.35 bits per heavy atom. The Bertz CT molecular complexity index is 476. The summed E-state index contributed by atoms with van der Waals surface area (Å²) in [6.07, 6.45) is 1.22. The number of hydrogen-bond donors (Lipinski definition) is 1. The van der Waals surface area contributed by atoms with Gasteiger partial charge in [-0.2, -0.15) is 0 Å². The first kappa shape index (κ1) is 15.4. The van der Waals surface area contributed by atoms with Gasteiger partial charge in [-0.3, -0.25) is 0 Å². The van der Waals surface area contributed by atoms with Gasteiger partial charge in [0.05, 0.1) is 6.10 Å². The molecule has 0 aromatic heterocycles. The molecule has 1 aliphatic rings. The highest BCUT2D eigenvalue weighted by molar-refractivity contribution is 5.21. The standard InChI is InChI=1S/C16H23F2NO/c1-5-20-15-9-14(16(15,3)4)19-10(2)11-6-7-12(17)13(18)8-11/h6-8,10,14-15,19H,5,9H2,1-4H3. The van der Waals surface area contributed by atoms with E-state index in [4.69, 9.17) is 4.74 Å². The number of benzene rings is 1. The van der Waals surface area contributed by atoms with Crippen LogP contribution in [0, 0.1) is 17.0 Å². The number of nitrogens with one attached hydrogen (secondary N) is 1. The molecule has 2 nitrogen and oxygen atoms in total. The molecule has 1 N–H and O–H groups in total. The summed E-state index contributed by atoms with van der Waals surface area (Å²) < 4.78 is 31.9. The van der Waals surface area contributed by atoms with Gasteiger partial charge in [0.2, 0.25) is 0 Å². The van der Waals surface area contributed by atoms with Crippen LogP contribution >= 0.6 is 0 Å². The third kappa shape index (κ3) is 2.86. The van der Waals surface area contributed by atoms with Crippen molar-refractivity contribution < 1.29 is 13.5 Å². The highest BCUT2D eigenvalue weighted by Crippen LogP contribution is 2.43. The van der Waals surface area contributed by atoms with Gasteiger partial charge in [-0.15, -0.1) is 0 Å². The van der Waals surface area contributed by atoms with Crippen LogP contribution in [0.15, 0.2) is 18.2 Å². The number of rotatable bonds is 5. The van der Waals surface area contributed by atoms with Crippen molar-refractivity contribution in [3.05, 3.63) is 35.4 Å². The first-order valence-corrected chi connectivity index (χ1v) is 7.18. The molecule has 1 aromatic rings. The maximum absolute atomic E-state index is 13.3. The summed E-state index contributed by atoms with van der Waals surface area (Å²) in [5, 5.41) is 3.49. The molecule has 112 valence electrons. The van der Waals surface area contributed by atoms with E-state index in [1.807, 2.05) is 13.8 Å². The topological polar surface area (TPSA) is 21.3 Å². The summed E-state index contributed by atoms with van der Waals surface area (Å²) in [6, 6.07) is 4.37. The lowest BCUT2D eigenvalue weighted by atomic mass is 9.64. The highest BCUT2D eigenvalue weighted by Gasteiger charge is 2.49. The van der Waals surface area contributed by atoms with E-state index in [0.29, 0.717) is 6.04 Å². The van der Waals surface area contributed by atoms with Gasteiger partial charge in [-0.25, -0.2) is 8.78 Å². The molecule has 20 heavy (non-hydrogen) atoms. The van der Waals surface area contributed by atoms with Gasteiger partial charge < -0.3 is 10.1 Å². The quantitative estimate of drug-likeness (QED) is 0.887. The first-order valence-electron chi connectivity index (χ1n) is 7.18. The normalized spacial score (nSPS) is 26.1. The van der Waals surface area contributed by atoms with Crippen molar-refractivity contribution in [1.82, 2.24) is 5.32 Å². The van der Waals surface area contributed by atoms with Gasteiger partial charge >= 0.3 is 0 Å². The van der Waals surface area contributed by atoms with Gasteiger partial charge in [0, 0.05) is 24.1 Å². The van der Waals surface area contributed by atoms with Crippen LogP contribution in [0.25, 0.3) is 0 Å². The minimum atomic E-state index is -0.804. The van der Waals surface area contributed by atoms with Crippen LogP contribution in [-0.2, 0) is 4.74 Å². The first-order chi connectivity index (χ1) is 9.36. The predicted octanol–water partition coefficient (Wildman–Crippen LogP) is 3.82. The fraction of sp³-hybridized carbons (Fsp3) is 0.625. The summed E-state index contributed by atoms with van der Waals surface area (Å²) in [6.45, 7) is 9.04. The Labute approximate surface area is 119 Å².